The van der Waals surface area contributed by atoms with Crippen molar-refractivity contribution >= 4 is 22.8 Å². The first-order valence-corrected chi connectivity index (χ1v) is 17.4. The van der Waals surface area contributed by atoms with Crippen LogP contribution in [-0.4, -0.2) is 69.7 Å². The van der Waals surface area contributed by atoms with Gasteiger partial charge in [0.25, 0.3) is 5.56 Å². The van der Waals surface area contributed by atoms with E-state index >= 15 is 0 Å². The second kappa shape index (κ2) is 13.2. The summed E-state index contributed by atoms with van der Waals surface area (Å²) < 4.78 is 7.22. The minimum atomic E-state index is -0.0988. The van der Waals surface area contributed by atoms with Gasteiger partial charge >= 0.3 is 5.97 Å². The fraction of sp³-hybridized carbons (Fsp3) is 0.694. The van der Waals surface area contributed by atoms with Crippen LogP contribution in [0.2, 0.25) is 0 Å². The standard InChI is InChI=1S/C36H53N5O3/c1-5-44-35(43)28-14-17-39(24-28)18-15-37-33-34(42)41(32-13-9-8-12-31(32)38-33)26(3)21-30-11-7-6-10-16-40(30)36(4)23-27-19-25(2)20-29(36)22-27/h8-10,12-13,16,25-30H,5-7,11,14-15,17-24H2,1-4H3,(H,37,38)/t25?,26-,27?,28-,29?,30-,36?/m0/s1. The van der Waals surface area contributed by atoms with Gasteiger partial charge in [0.05, 0.1) is 23.6 Å². The van der Waals surface area contributed by atoms with Crippen molar-refractivity contribution in [2.75, 3.05) is 38.1 Å². The minimum absolute atomic E-state index is 0.0298. The Labute approximate surface area is 263 Å². The molecule has 1 saturated heterocycles. The van der Waals surface area contributed by atoms with E-state index in [0.29, 0.717) is 31.6 Å². The predicted molar refractivity (Wildman–Crippen MR) is 177 cm³/mol. The maximum absolute atomic E-state index is 14.1. The molecule has 2 aliphatic carbocycles. The van der Waals surface area contributed by atoms with Gasteiger partial charge in [0.15, 0.2) is 5.82 Å². The van der Waals surface area contributed by atoms with E-state index in [4.69, 9.17) is 9.72 Å². The number of nitrogens with one attached hydrogen (secondary N) is 1. The van der Waals surface area contributed by atoms with E-state index < -0.39 is 0 Å². The zero-order valence-electron chi connectivity index (χ0n) is 27.3. The van der Waals surface area contributed by atoms with E-state index in [0.717, 1.165) is 67.6 Å². The Bertz CT molecular complexity index is 1410. The molecule has 1 aromatic heterocycles. The predicted octanol–water partition coefficient (Wildman–Crippen LogP) is 6.23. The highest BCUT2D eigenvalue weighted by molar-refractivity contribution is 5.76. The number of rotatable bonds is 10. The van der Waals surface area contributed by atoms with Gasteiger partial charge in [0.2, 0.25) is 0 Å². The van der Waals surface area contributed by atoms with Crippen LogP contribution in [0.5, 0.6) is 0 Å². The fourth-order valence-corrected chi connectivity index (χ4v) is 9.25. The number of anilines is 1. The average molecular weight is 604 g/mol. The SMILES string of the molecule is CCOC(=O)[C@H]1CCN(CCNc2nc3ccccc3n([C@@H](C)C[C@@H]3CCCC=CN3C3(C)CC4CC(C)CC3C4)c2=O)C1. The molecule has 1 aromatic carbocycles. The van der Waals surface area contributed by atoms with E-state index in [1.807, 2.05) is 35.8 Å². The number of hydrogen-bond acceptors (Lipinski definition) is 7. The van der Waals surface area contributed by atoms with Crippen LogP contribution in [0.4, 0.5) is 5.82 Å². The summed E-state index contributed by atoms with van der Waals surface area (Å²) >= 11 is 0. The van der Waals surface area contributed by atoms with Crippen LogP contribution in [0, 0.1) is 23.7 Å². The zero-order valence-corrected chi connectivity index (χ0v) is 27.3. The van der Waals surface area contributed by atoms with Crippen LogP contribution in [0.3, 0.4) is 0 Å². The second-order valence-corrected chi connectivity index (χ2v) is 14.5. The molecule has 44 heavy (non-hydrogen) atoms. The topological polar surface area (TPSA) is 79.7 Å². The van der Waals surface area contributed by atoms with E-state index in [-0.39, 0.29) is 29.0 Å². The van der Waals surface area contributed by atoms with Crippen molar-refractivity contribution in [2.45, 2.75) is 103 Å². The smallest absolute Gasteiger partial charge is 0.310 e. The number of allylic oxidation sites excluding steroid dienone is 1. The fourth-order valence-electron chi connectivity index (χ4n) is 9.25. The number of carbonyl (C=O) groups excluding carboxylic acids is 1. The summed E-state index contributed by atoms with van der Waals surface area (Å²) in [6, 6.07) is 8.49. The molecule has 2 saturated carbocycles. The molecule has 8 nitrogen and oxygen atoms in total. The van der Waals surface area contributed by atoms with Crippen molar-refractivity contribution in [3.05, 3.63) is 46.9 Å². The lowest BCUT2D eigenvalue weighted by Gasteiger charge is -2.47. The van der Waals surface area contributed by atoms with Crippen molar-refractivity contribution < 1.29 is 9.53 Å². The monoisotopic (exact) mass is 603 g/mol. The first-order valence-electron chi connectivity index (χ1n) is 17.4. The minimum Gasteiger partial charge on any atom is -0.466 e. The Kier molecular flexibility index (Phi) is 9.36. The van der Waals surface area contributed by atoms with E-state index in [1.165, 1.54) is 32.1 Å². The van der Waals surface area contributed by atoms with Crippen LogP contribution < -0.4 is 10.9 Å². The molecule has 6 rings (SSSR count). The van der Waals surface area contributed by atoms with Crippen LogP contribution in [0.15, 0.2) is 41.3 Å². The summed E-state index contributed by atoms with van der Waals surface area (Å²) in [5, 5.41) is 3.38. The Balaban J connectivity index is 1.19. The Morgan fingerprint density at radius 3 is 2.89 bits per heavy atom. The lowest BCUT2D eigenvalue weighted by atomic mass is 9.78. The van der Waals surface area contributed by atoms with Gasteiger partial charge in [-0.05, 0) is 121 Å². The van der Waals surface area contributed by atoms with E-state index in [9.17, 15) is 9.59 Å². The molecule has 8 heteroatoms. The lowest BCUT2D eigenvalue weighted by molar-refractivity contribution is -0.147. The van der Waals surface area contributed by atoms with Gasteiger partial charge in [-0.15, -0.1) is 0 Å². The summed E-state index contributed by atoms with van der Waals surface area (Å²) in [4.78, 5) is 36.1. The number of ether oxygens (including phenoxy) is 1. The van der Waals surface area contributed by atoms with E-state index in [2.05, 4.69) is 48.2 Å². The molecular weight excluding hydrogens is 550 g/mol. The lowest BCUT2D eigenvalue weighted by Crippen LogP contribution is -2.51. The molecular formula is C36H53N5O3. The van der Waals surface area contributed by atoms with Gasteiger partial charge in [-0.2, -0.15) is 0 Å². The van der Waals surface area contributed by atoms with Crippen LogP contribution >= 0.6 is 0 Å². The van der Waals surface area contributed by atoms with Gasteiger partial charge in [0, 0.05) is 37.3 Å². The average Bonchev–Trinajstić information content (AvgIpc) is 3.46. The quantitative estimate of drug-likeness (QED) is 0.323. The molecule has 240 valence electrons. The number of fused-ring (bicyclic) bond motifs is 3. The molecule has 2 aliphatic heterocycles. The zero-order chi connectivity index (χ0) is 30.8. The molecule has 2 bridgehead atoms. The normalized spacial score (nSPS) is 31.3. The number of nitrogens with zero attached hydrogens (tertiary/aromatic N) is 4. The summed E-state index contributed by atoms with van der Waals surface area (Å²) in [6.07, 6.45) is 15.4. The van der Waals surface area contributed by atoms with Gasteiger partial charge in [0.1, 0.15) is 0 Å². The second-order valence-electron chi connectivity index (χ2n) is 14.5. The maximum atomic E-state index is 14.1. The molecule has 3 fully saturated rings. The molecule has 0 amide bonds. The molecule has 4 unspecified atom stereocenters. The van der Waals surface area contributed by atoms with Crippen molar-refractivity contribution in [3.63, 3.8) is 0 Å². The molecule has 0 spiro atoms. The number of para-hydroxylation sites is 2. The van der Waals surface area contributed by atoms with Crippen molar-refractivity contribution in [2.24, 2.45) is 23.7 Å². The van der Waals surface area contributed by atoms with Crippen molar-refractivity contribution in [3.8, 4) is 0 Å². The molecule has 2 aromatic rings. The third-order valence-electron chi connectivity index (χ3n) is 11.2. The van der Waals surface area contributed by atoms with Gasteiger partial charge in [-0.3, -0.25) is 9.59 Å². The summed E-state index contributed by atoms with van der Waals surface area (Å²) in [5.74, 6) is 2.68. The third kappa shape index (κ3) is 6.29. The Morgan fingerprint density at radius 2 is 2.05 bits per heavy atom. The largest absolute Gasteiger partial charge is 0.466 e. The third-order valence-corrected chi connectivity index (χ3v) is 11.2. The highest BCUT2D eigenvalue weighted by Gasteiger charge is 2.51. The van der Waals surface area contributed by atoms with Crippen LogP contribution in [-0.2, 0) is 9.53 Å². The molecule has 3 heterocycles. The first-order chi connectivity index (χ1) is 21.3. The number of hydrogen-bond donors (Lipinski definition) is 1. The number of aromatic nitrogens is 2. The Hall–Kier alpha value is -2.87. The highest BCUT2D eigenvalue weighted by atomic mass is 16.5. The molecule has 7 atom stereocenters. The van der Waals surface area contributed by atoms with Gasteiger partial charge < -0.3 is 24.4 Å². The van der Waals surface area contributed by atoms with Gasteiger partial charge in [-0.1, -0.05) is 25.1 Å². The molecule has 0 radical (unpaired) electrons. The summed E-state index contributed by atoms with van der Waals surface area (Å²) in [7, 11) is 0. The number of carbonyl (C=O) groups is 1. The molecule has 1 N–H and O–H groups in total. The number of benzene rings is 1. The Morgan fingerprint density at radius 1 is 1.20 bits per heavy atom. The van der Waals surface area contributed by atoms with Crippen LogP contribution in [0.1, 0.15) is 91.5 Å². The highest BCUT2D eigenvalue weighted by Crippen LogP contribution is 2.54. The summed E-state index contributed by atoms with van der Waals surface area (Å²) in [5.41, 5.74) is 1.89. The number of likely N-dealkylation sites (tertiary alicyclic amines) is 1. The summed E-state index contributed by atoms with van der Waals surface area (Å²) in [6.45, 7) is 12.4. The van der Waals surface area contributed by atoms with Crippen LogP contribution in [0.25, 0.3) is 11.0 Å². The first kappa shape index (κ1) is 31.1. The number of esters is 1. The van der Waals surface area contributed by atoms with Crippen molar-refractivity contribution in [1.82, 2.24) is 19.4 Å². The molecule has 4 aliphatic rings. The maximum Gasteiger partial charge on any atom is 0.310 e. The van der Waals surface area contributed by atoms with E-state index in [1.54, 1.807) is 0 Å². The van der Waals surface area contributed by atoms with Crippen molar-refractivity contribution in [1.29, 1.82) is 0 Å². The van der Waals surface area contributed by atoms with Gasteiger partial charge in [-0.25, -0.2) is 4.98 Å².